The zero-order chi connectivity index (χ0) is 19.8. The number of methoxy groups -OCH3 is 1. The summed E-state index contributed by atoms with van der Waals surface area (Å²) in [7, 11) is 1.50. The number of nitrogens with one attached hydrogen (secondary N) is 1. The predicted octanol–water partition coefficient (Wildman–Crippen LogP) is 2.47. The van der Waals surface area contributed by atoms with E-state index in [1.807, 2.05) is 11.0 Å². The fourth-order valence-electron chi connectivity index (χ4n) is 2.51. The van der Waals surface area contributed by atoms with Gasteiger partial charge in [-0.3, -0.25) is 4.79 Å². The van der Waals surface area contributed by atoms with E-state index in [1.54, 1.807) is 30.0 Å². The van der Waals surface area contributed by atoms with E-state index in [1.165, 1.54) is 13.3 Å². The van der Waals surface area contributed by atoms with Crippen LogP contribution >= 0.6 is 11.6 Å². The largest absolute Gasteiger partial charge is 0.495 e. The summed E-state index contributed by atoms with van der Waals surface area (Å²) in [5, 5.41) is 12.3. The molecule has 1 saturated heterocycles. The number of nitriles is 1. The Hall–Kier alpha value is -2.92. The van der Waals surface area contributed by atoms with Gasteiger partial charge < -0.3 is 24.6 Å². The lowest BCUT2D eigenvalue weighted by atomic mass is 10.2. The van der Waals surface area contributed by atoms with Crippen LogP contribution in [0.2, 0.25) is 5.02 Å². The first-order valence-electron chi connectivity index (χ1n) is 8.41. The number of piperazine rings is 1. The van der Waals surface area contributed by atoms with Crippen molar-refractivity contribution in [2.45, 2.75) is 6.92 Å². The summed E-state index contributed by atoms with van der Waals surface area (Å²) in [6.45, 7) is 4.02. The van der Waals surface area contributed by atoms with Gasteiger partial charge in [0.25, 0.3) is 5.91 Å². The number of ether oxygens (including phenoxy) is 2. The maximum Gasteiger partial charge on any atom is 0.409 e. The van der Waals surface area contributed by atoms with Crippen molar-refractivity contribution in [3.05, 3.63) is 35.0 Å². The van der Waals surface area contributed by atoms with Crippen molar-refractivity contribution in [1.82, 2.24) is 9.80 Å². The summed E-state index contributed by atoms with van der Waals surface area (Å²) in [4.78, 5) is 27.5. The second-order valence-corrected chi connectivity index (χ2v) is 6.09. The third-order valence-electron chi connectivity index (χ3n) is 3.93. The number of carbonyl (C=O) groups excluding carboxylic acids is 2. The van der Waals surface area contributed by atoms with Crippen molar-refractivity contribution in [2.75, 3.05) is 45.2 Å². The number of rotatable bonds is 5. The summed E-state index contributed by atoms with van der Waals surface area (Å²) >= 11 is 6.04. The number of amides is 2. The van der Waals surface area contributed by atoms with Crippen LogP contribution in [0.15, 0.2) is 30.0 Å². The normalized spacial score (nSPS) is 14.4. The fraction of sp³-hybridized carbons (Fsp3) is 0.389. The van der Waals surface area contributed by atoms with Gasteiger partial charge in [-0.15, -0.1) is 0 Å². The van der Waals surface area contributed by atoms with Crippen LogP contribution in [0, 0.1) is 11.3 Å². The van der Waals surface area contributed by atoms with Gasteiger partial charge in [0, 0.05) is 38.1 Å². The maximum atomic E-state index is 12.4. The topological polar surface area (TPSA) is 94.9 Å². The zero-order valence-electron chi connectivity index (χ0n) is 15.2. The number of hydrogen-bond acceptors (Lipinski definition) is 6. The van der Waals surface area contributed by atoms with Gasteiger partial charge in [0.15, 0.2) is 0 Å². The summed E-state index contributed by atoms with van der Waals surface area (Å²) in [6, 6.07) is 6.71. The highest BCUT2D eigenvalue weighted by Crippen LogP contribution is 2.27. The number of nitrogens with zero attached hydrogens (tertiary/aromatic N) is 3. The molecule has 8 nitrogen and oxygen atoms in total. The highest BCUT2D eigenvalue weighted by molar-refractivity contribution is 6.32. The van der Waals surface area contributed by atoms with Gasteiger partial charge in [0.2, 0.25) is 0 Å². The van der Waals surface area contributed by atoms with Crippen molar-refractivity contribution in [3.8, 4) is 11.8 Å². The molecule has 0 radical (unpaired) electrons. The van der Waals surface area contributed by atoms with E-state index in [0.29, 0.717) is 49.2 Å². The third kappa shape index (κ3) is 5.53. The minimum Gasteiger partial charge on any atom is -0.495 e. The van der Waals surface area contributed by atoms with E-state index in [-0.39, 0.29) is 11.7 Å². The molecule has 1 aromatic carbocycles. The first-order chi connectivity index (χ1) is 13.0. The molecule has 144 valence electrons. The molecular formula is C18H21ClN4O4. The van der Waals surface area contributed by atoms with Crippen molar-refractivity contribution in [2.24, 2.45) is 0 Å². The summed E-state index contributed by atoms with van der Waals surface area (Å²) in [6.07, 6.45) is 1.15. The van der Waals surface area contributed by atoms with Crippen molar-refractivity contribution >= 4 is 29.3 Å². The van der Waals surface area contributed by atoms with Crippen LogP contribution in [0.1, 0.15) is 6.92 Å². The molecule has 0 unspecified atom stereocenters. The molecule has 0 bridgehead atoms. The number of anilines is 1. The van der Waals surface area contributed by atoms with Crippen molar-refractivity contribution in [3.63, 3.8) is 0 Å². The molecule has 1 aromatic rings. The maximum absolute atomic E-state index is 12.4. The fourth-order valence-corrected chi connectivity index (χ4v) is 2.77. The van der Waals surface area contributed by atoms with E-state index in [2.05, 4.69) is 5.32 Å². The van der Waals surface area contributed by atoms with Gasteiger partial charge in [0.1, 0.15) is 17.4 Å². The molecule has 2 rings (SSSR count). The van der Waals surface area contributed by atoms with Gasteiger partial charge in [-0.1, -0.05) is 11.6 Å². The molecule has 0 saturated carbocycles. The van der Waals surface area contributed by atoms with Crippen molar-refractivity contribution in [1.29, 1.82) is 5.26 Å². The zero-order valence-corrected chi connectivity index (χ0v) is 16.0. The van der Waals surface area contributed by atoms with Crippen LogP contribution < -0.4 is 10.1 Å². The Morgan fingerprint density at radius 1 is 1.33 bits per heavy atom. The van der Waals surface area contributed by atoms with E-state index >= 15 is 0 Å². The van der Waals surface area contributed by atoms with E-state index in [4.69, 9.17) is 21.1 Å². The molecule has 0 aromatic heterocycles. The molecule has 0 aliphatic carbocycles. The van der Waals surface area contributed by atoms with Gasteiger partial charge in [-0.2, -0.15) is 5.26 Å². The minimum atomic E-state index is -0.536. The lowest BCUT2D eigenvalue weighted by Crippen LogP contribution is -2.47. The molecule has 1 aliphatic rings. The van der Waals surface area contributed by atoms with Crippen molar-refractivity contribution < 1.29 is 19.1 Å². The van der Waals surface area contributed by atoms with Crippen LogP contribution in [0.3, 0.4) is 0 Å². The van der Waals surface area contributed by atoms with E-state index in [9.17, 15) is 14.9 Å². The average Bonchev–Trinajstić information content (AvgIpc) is 2.66. The number of hydrogen-bond donors (Lipinski definition) is 1. The first kappa shape index (κ1) is 20.4. The standard InChI is InChI=1S/C18H21ClN4O4/c1-3-27-18(25)23-8-6-22(7-9-23)12-13(11-20)17(24)21-14-4-5-16(26-2)15(19)10-14/h4-5,10,12H,3,6-9H2,1-2H3,(H,21,24)/b13-12-. The van der Waals surface area contributed by atoms with Crippen LogP contribution in [-0.2, 0) is 9.53 Å². The Morgan fingerprint density at radius 2 is 2.04 bits per heavy atom. The molecule has 2 amide bonds. The predicted molar refractivity (Wildman–Crippen MR) is 100 cm³/mol. The second kappa shape index (κ2) is 9.69. The Bertz CT molecular complexity index is 767. The van der Waals surface area contributed by atoms with E-state index < -0.39 is 5.91 Å². The number of benzene rings is 1. The number of carbonyl (C=O) groups is 2. The van der Waals surface area contributed by atoms with Crippen LogP contribution in [-0.4, -0.2) is 61.7 Å². The Kier molecular flexibility index (Phi) is 7.32. The molecule has 1 heterocycles. The lowest BCUT2D eigenvalue weighted by Gasteiger charge is -2.33. The Labute approximate surface area is 162 Å². The molecule has 9 heteroatoms. The summed E-state index contributed by atoms with van der Waals surface area (Å²) < 4.78 is 10.0. The second-order valence-electron chi connectivity index (χ2n) is 5.68. The SMILES string of the molecule is CCOC(=O)N1CCN(/C=C(/C#N)C(=O)Nc2ccc(OC)c(Cl)c2)CC1. The minimum absolute atomic E-state index is 0.0356. The van der Waals surface area contributed by atoms with Gasteiger partial charge in [0.05, 0.1) is 18.7 Å². The lowest BCUT2D eigenvalue weighted by molar-refractivity contribution is -0.112. The average molecular weight is 393 g/mol. The highest BCUT2D eigenvalue weighted by atomic mass is 35.5. The molecule has 1 N–H and O–H groups in total. The monoisotopic (exact) mass is 392 g/mol. The molecule has 27 heavy (non-hydrogen) atoms. The molecule has 0 atom stereocenters. The summed E-state index contributed by atoms with van der Waals surface area (Å²) in [5.41, 5.74) is 0.422. The van der Waals surface area contributed by atoms with Crippen LogP contribution in [0.4, 0.5) is 10.5 Å². The summed E-state index contributed by atoms with van der Waals surface area (Å²) in [5.74, 6) is -0.0447. The third-order valence-corrected chi connectivity index (χ3v) is 4.22. The Balaban J connectivity index is 1.98. The van der Waals surface area contributed by atoms with Gasteiger partial charge in [-0.25, -0.2) is 4.79 Å². The first-order valence-corrected chi connectivity index (χ1v) is 8.78. The molecule has 0 spiro atoms. The van der Waals surface area contributed by atoms with Gasteiger partial charge >= 0.3 is 6.09 Å². The quantitative estimate of drug-likeness (QED) is 0.611. The van der Waals surface area contributed by atoms with Crippen LogP contribution in [0.25, 0.3) is 0 Å². The van der Waals surface area contributed by atoms with Crippen LogP contribution in [0.5, 0.6) is 5.75 Å². The number of halogens is 1. The molecule has 1 aliphatic heterocycles. The highest BCUT2D eigenvalue weighted by Gasteiger charge is 2.21. The Morgan fingerprint density at radius 3 is 2.59 bits per heavy atom. The van der Waals surface area contributed by atoms with Gasteiger partial charge in [-0.05, 0) is 25.1 Å². The molecule has 1 fully saturated rings. The van der Waals surface area contributed by atoms with E-state index in [0.717, 1.165) is 0 Å². The smallest absolute Gasteiger partial charge is 0.409 e. The molecular weight excluding hydrogens is 372 g/mol.